The van der Waals surface area contributed by atoms with Gasteiger partial charge in [-0.1, -0.05) is 24.3 Å². The van der Waals surface area contributed by atoms with Crippen LogP contribution in [0.4, 0.5) is 0 Å². The summed E-state index contributed by atoms with van der Waals surface area (Å²) in [4.78, 5) is 31.6. The van der Waals surface area contributed by atoms with Crippen LogP contribution in [-0.2, 0) is 16.0 Å². The maximum atomic E-state index is 13.6. The highest BCUT2D eigenvalue weighted by Crippen LogP contribution is 2.50. The van der Waals surface area contributed by atoms with Crippen molar-refractivity contribution in [1.29, 1.82) is 0 Å². The molecule has 2 aromatic carbocycles. The molecule has 0 aliphatic carbocycles. The number of fused-ring (bicyclic) bond motifs is 7. The number of amides is 1. The van der Waals surface area contributed by atoms with E-state index in [-0.39, 0.29) is 12.5 Å². The molecular formula is C23H22N2O5. The highest BCUT2D eigenvalue weighted by molar-refractivity contribution is 6.06. The monoisotopic (exact) mass is 406 g/mol. The van der Waals surface area contributed by atoms with Crippen molar-refractivity contribution in [1.82, 2.24) is 9.88 Å². The van der Waals surface area contributed by atoms with Gasteiger partial charge in [0.15, 0.2) is 11.5 Å². The Bertz CT molecular complexity index is 1180. The number of carbonyl (C=O) groups excluding carboxylic acids is 2. The predicted molar refractivity (Wildman–Crippen MR) is 110 cm³/mol. The first-order valence-electron chi connectivity index (χ1n) is 9.94. The standard InChI is InChI=1S/C23H22N2O5/c1-4-30-23(27)16-11-14-12-7-5-6-8-15(12)24-19(14)20-13-9-10-17(28-2)21(29-3)18(13)22(26)25(16)20/h5-10,16,20,24H,4,11H2,1-3H3/t16-,20+/m0/s1. The van der Waals surface area contributed by atoms with Gasteiger partial charge in [-0.3, -0.25) is 4.79 Å². The second kappa shape index (κ2) is 6.79. The Morgan fingerprint density at radius 3 is 2.70 bits per heavy atom. The summed E-state index contributed by atoms with van der Waals surface area (Å²) in [5.74, 6) is 0.210. The van der Waals surface area contributed by atoms with E-state index >= 15 is 0 Å². The van der Waals surface area contributed by atoms with E-state index in [2.05, 4.69) is 4.98 Å². The average molecular weight is 406 g/mol. The number of aromatic nitrogens is 1. The molecule has 0 saturated heterocycles. The minimum atomic E-state index is -0.711. The van der Waals surface area contributed by atoms with E-state index in [4.69, 9.17) is 14.2 Å². The van der Waals surface area contributed by atoms with Gasteiger partial charge in [-0.05, 0) is 30.2 Å². The van der Waals surface area contributed by atoms with E-state index in [1.54, 1.807) is 17.9 Å². The van der Waals surface area contributed by atoms with Gasteiger partial charge >= 0.3 is 5.97 Å². The predicted octanol–water partition coefficient (Wildman–Crippen LogP) is 3.22. The molecule has 5 rings (SSSR count). The molecule has 0 bridgehead atoms. The SMILES string of the molecule is CCOC(=O)[C@@H]1Cc2c([nH]c3ccccc23)[C@H]2c3ccc(OC)c(OC)c3C(=O)N21. The van der Waals surface area contributed by atoms with Gasteiger partial charge in [-0.2, -0.15) is 0 Å². The van der Waals surface area contributed by atoms with Crippen LogP contribution in [0.3, 0.4) is 0 Å². The number of nitrogens with zero attached hydrogens (tertiary/aromatic N) is 1. The third kappa shape index (κ3) is 2.38. The number of carbonyl (C=O) groups is 2. The van der Waals surface area contributed by atoms with Crippen LogP contribution in [-0.4, -0.2) is 48.6 Å². The Hall–Kier alpha value is -3.48. The van der Waals surface area contributed by atoms with Crippen molar-refractivity contribution in [3.8, 4) is 11.5 Å². The van der Waals surface area contributed by atoms with Gasteiger partial charge in [0, 0.05) is 23.0 Å². The van der Waals surface area contributed by atoms with Crippen molar-refractivity contribution < 1.29 is 23.8 Å². The van der Waals surface area contributed by atoms with Gasteiger partial charge in [-0.15, -0.1) is 0 Å². The number of benzene rings is 2. The van der Waals surface area contributed by atoms with Gasteiger partial charge in [0.2, 0.25) is 0 Å². The Balaban J connectivity index is 1.78. The third-order valence-corrected chi connectivity index (χ3v) is 6.01. The largest absolute Gasteiger partial charge is 0.493 e. The zero-order valence-corrected chi connectivity index (χ0v) is 17.0. The van der Waals surface area contributed by atoms with Crippen LogP contribution in [0.15, 0.2) is 36.4 Å². The van der Waals surface area contributed by atoms with Gasteiger partial charge in [-0.25, -0.2) is 4.79 Å². The Kier molecular flexibility index (Phi) is 4.20. The summed E-state index contributed by atoms with van der Waals surface area (Å²) in [6.07, 6.45) is 0.397. The molecule has 0 fully saturated rings. The van der Waals surface area contributed by atoms with Crippen LogP contribution in [0.1, 0.15) is 40.1 Å². The Morgan fingerprint density at radius 2 is 1.97 bits per heavy atom. The normalized spacial score (nSPS) is 19.3. The molecule has 3 heterocycles. The lowest BCUT2D eigenvalue weighted by molar-refractivity contribution is -0.149. The molecule has 1 N–H and O–H groups in total. The molecule has 2 aliphatic rings. The molecule has 7 heteroatoms. The zero-order valence-electron chi connectivity index (χ0n) is 17.0. The molecular weight excluding hydrogens is 384 g/mol. The van der Waals surface area contributed by atoms with Crippen LogP contribution in [0, 0.1) is 0 Å². The van der Waals surface area contributed by atoms with Crippen molar-refractivity contribution in [2.24, 2.45) is 0 Å². The number of H-pyrrole nitrogens is 1. The second-order valence-electron chi connectivity index (χ2n) is 7.42. The van der Waals surface area contributed by atoms with Crippen LogP contribution in [0.5, 0.6) is 11.5 Å². The van der Waals surface area contributed by atoms with E-state index in [0.717, 1.165) is 27.7 Å². The van der Waals surface area contributed by atoms with Crippen LogP contribution in [0.25, 0.3) is 10.9 Å². The molecule has 7 nitrogen and oxygen atoms in total. The molecule has 0 radical (unpaired) electrons. The van der Waals surface area contributed by atoms with E-state index in [0.29, 0.717) is 23.5 Å². The van der Waals surface area contributed by atoms with E-state index < -0.39 is 18.1 Å². The topological polar surface area (TPSA) is 80.9 Å². The summed E-state index contributed by atoms with van der Waals surface area (Å²) in [5, 5.41) is 1.06. The number of para-hydroxylation sites is 1. The Labute approximate surface area is 173 Å². The summed E-state index contributed by atoms with van der Waals surface area (Å²) in [7, 11) is 3.05. The lowest BCUT2D eigenvalue weighted by atomic mass is 9.90. The van der Waals surface area contributed by atoms with Crippen molar-refractivity contribution in [2.45, 2.75) is 25.4 Å². The number of nitrogens with one attached hydrogen (secondary N) is 1. The lowest BCUT2D eigenvalue weighted by Gasteiger charge is -2.36. The second-order valence-corrected chi connectivity index (χ2v) is 7.42. The highest BCUT2D eigenvalue weighted by atomic mass is 16.5. The average Bonchev–Trinajstić information content (AvgIpc) is 3.28. The molecule has 0 saturated carbocycles. The van der Waals surface area contributed by atoms with Gasteiger partial charge in [0.05, 0.1) is 32.4 Å². The number of aromatic amines is 1. The lowest BCUT2D eigenvalue weighted by Crippen LogP contribution is -2.48. The molecule has 0 unspecified atom stereocenters. The van der Waals surface area contributed by atoms with Gasteiger partial charge < -0.3 is 24.1 Å². The number of hydrogen-bond donors (Lipinski definition) is 1. The first kappa shape index (κ1) is 18.5. The van der Waals surface area contributed by atoms with Crippen LogP contribution in [0.2, 0.25) is 0 Å². The van der Waals surface area contributed by atoms with E-state index in [9.17, 15) is 9.59 Å². The van der Waals surface area contributed by atoms with E-state index in [1.807, 2.05) is 30.3 Å². The third-order valence-electron chi connectivity index (χ3n) is 6.01. The fraction of sp³-hybridized carbons (Fsp3) is 0.304. The number of hydrogen-bond acceptors (Lipinski definition) is 5. The molecule has 154 valence electrons. The van der Waals surface area contributed by atoms with Gasteiger partial charge in [0.1, 0.15) is 6.04 Å². The molecule has 1 aromatic heterocycles. The van der Waals surface area contributed by atoms with Crippen LogP contribution >= 0.6 is 0 Å². The summed E-state index contributed by atoms with van der Waals surface area (Å²) in [5.41, 5.74) is 4.17. The summed E-state index contributed by atoms with van der Waals surface area (Å²) in [6.45, 7) is 2.02. The fourth-order valence-electron chi connectivity index (χ4n) is 4.80. The van der Waals surface area contributed by atoms with Crippen molar-refractivity contribution >= 4 is 22.8 Å². The van der Waals surface area contributed by atoms with Crippen molar-refractivity contribution in [2.75, 3.05) is 20.8 Å². The zero-order chi connectivity index (χ0) is 21.0. The number of esters is 1. The first-order valence-corrected chi connectivity index (χ1v) is 9.94. The molecule has 0 spiro atoms. The maximum absolute atomic E-state index is 13.6. The maximum Gasteiger partial charge on any atom is 0.329 e. The quantitative estimate of drug-likeness (QED) is 0.673. The van der Waals surface area contributed by atoms with Crippen molar-refractivity contribution in [3.05, 3.63) is 58.8 Å². The molecule has 3 aromatic rings. The Morgan fingerprint density at radius 1 is 1.17 bits per heavy atom. The number of rotatable bonds is 4. The first-order chi connectivity index (χ1) is 14.6. The fourth-order valence-corrected chi connectivity index (χ4v) is 4.80. The molecule has 30 heavy (non-hydrogen) atoms. The molecule has 2 atom stereocenters. The molecule has 1 amide bonds. The number of ether oxygens (including phenoxy) is 3. The highest BCUT2D eigenvalue weighted by Gasteiger charge is 2.51. The summed E-state index contributed by atoms with van der Waals surface area (Å²) < 4.78 is 16.3. The minimum Gasteiger partial charge on any atom is -0.493 e. The minimum absolute atomic E-state index is 0.256. The molecule has 2 aliphatic heterocycles. The van der Waals surface area contributed by atoms with Crippen molar-refractivity contribution in [3.63, 3.8) is 0 Å². The van der Waals surface area contributed by atoms with Crippen LogP contribution < -0.4 is 9.47 Å². The van der Waals surface area contributed by atoms with E-state index in [1.165, 1.54) is 14.2 Å². The summed E-state index contributed by atoms with van der Waals surface area (Å²) in [6, 6.07) is 10.5. The summed E-state index contributed by atoms with van der Waals surface area (Å²) >= 11 is 0. The van der Waals surface area contributed by atoms with Gasteiger partial charge in [0.25, 0.3) is 5.91 Å². The number of methoxy groups -OCH3 is 2. The smallest absolute Gasteiger partial charge is 0.329 e.